The molecule has 6 nitrogen and oxygen atoms in total. The largest absolute Gasteiger partial charge is 0.347 e. The van der Waals surface area contributed by atoms with Crippen LogP contribution in [0.5, 0.6) is 0 Å². The molecule has 0 unspecified atom stereocenters. The molecule has 1 aliphatic rings. The Bertz CT molecular complexity index is 1030. The summed E-state index contributed by atoms with van der Waals surface area (Å²) >= 11 is 0. The second-order valence-electron chi connectivity index (χ2n) is 6.52. The molecule has 0 atom stereocenters. The Kier molecular flexibility index (Phi) is 4.46. The molecular weight excluding hydrogens is 326 g/mol. The first kappa shape index (κ1) is 16.4. The summed E-state index contributed by atoms with van der Waals surface area (Å²) in [5.74, 6) is 12.1. The summed E-state index contributed by atoms with van der Waals surface area (Å²) in [4.78, 5) is 19.1. The first-order chi connectivity index (χ1) is 12.7. The highest BCUT2D eigenvalue weighted by Gasteiger charge is 2.15. The van der Waals surface area contributed by atoms with Crippen molar-refractivity contribution >= 4 is 11.0 Å². The lowest BCUT2D eigenvalue weighted by atomic mass is 10.2. The van der Waals surface area contributed by atoms with E-state index in [-0.39, 0.29) is 5.69 Å². The highest BCUT2D eigenvalue weighted by atomic mass is 16.2. The minimum atomic E-state index is -0.186. The number of nitrogens with zero attached hydrogens (tertiary/aromatic N) is 4. The molecule has 1 saturated heterocycles. The van der Waals surface area contributed by atoms with Gasteiger partial charge in [0.1, 0.15) is 5.69 Å². The molecule has 4 rings (SSSR count). The monoisotopic (exact) mass is 347 g/mol. The van der Waals surface area contributed by atoms with Crippen LogP contribution >= 0.6 is 0 Å². The van der Waals surface area contributed by atoms with Crippen LogP contribution in [-0.2, 0) is 6.54 Å². The van der Waals surface area contributed by atoms with Crippen molar-refractivity contribution in [2.75, 3.05) is 25.5 Å². The summed E-state index contributed by atoms with van der Waals surface area (Å²) < 4.78 is 2.97. The van der Waals surface area contributed by atoms with Crippen molar-refractivity contribution in [3.63, 3.8) is 0 Å². The topological polar surface area (TPSA) is 69.1 Å². The van der Waals surface area contributed by atoms with E-state index in [0.717, 1.165) is 30.7 Å². The zero-order valence-corrected chi connectivity index (χ0v) is 14.6. The smallest absolute Gasteiger partial charge is 0.335 e. The molecule has 1 aromatic carbocycles. The number of pyridine rings is 1. The summed E-state index contributed by atoms with van der Waals surface area (Å²) in [7, 11) is 0. The van der Waals surface area contributed by atoms with Crippen LogP contribution in [0.4, 0.5) is 0 Å². The van der Waals surface area contributed by atoms with Gasteiger partial charge in [0.2, 0.25) is 0 Å². The van der Waals surface area contributed by atoms with Gasteiger partial charge in [-0.05, 0) is 62.2 Å². The highest BCUT2D eigenvalue weighted by molar-refractivity contribution is 5.78. The third-order valence-electron chi connectivity index (χ3n) is 4.80. The van der Waals surface area contributed by atoms with E-state index in [1.165, 1.54) is 17.5 Å². The summed E-state index contributed by atoms with van der Waals surface area (Å²) in [5.41, 5.74) is 2.87. The quantitative estimate of drug-likeness (QED) is 0.574. The summed E-state index contributed by atoms with van der Waals surface area (Å²) in [6, 6.07) is 11.3. The van der Waals surface area contributed by atoms with Crippen LogP contribution in [0.1, 0.15) is 24.1 Å². The standard InChI is InChI=1S/C20H21N5O/c21-25-19-15-16(6-8-17-5-1-2-10-22-17)7-9-18(19)24(20(25)26)14-13-23-11-3-4-12-23/h1-2,5,7,9-10,15H,3-4,11-14,21H2. The number of rotatable bonds is 3. The van der Waals surface area contributed by atoms with Gasteiger partial charge < -0.3 is 10.7 Å². The SMILES string of the molecule is Nn1c(=O)n(CCN2CCCC2)c2ccc(C#Cc3ccccn3)cc21. The van der Waals surface area contributed by atoms with Crippen LogP contribution in [0, 0.1) is 11.8 Å². The fraction of sp³-hybridized carbons (Fsp3) is 0.300. The molecule has 3 heterocycles. The van der Waals surface area contributed by atoms with E-state index in [1.807, 2.05) is 36.4 Å². The summed E-state index contributed by atoms with van der Waals surface area (Å²) in [6.45, 7) is 3.76. The lowest BCUT2D eigenvalue weighted by Crippen LogP contribution is -2.32. The Hall–Kier alpha value is -3.04. The van der Waals surface area contributed by atoms with Crippen LogP contribution in [-0.4, -0.2) is 38.8 Å². The van der Waals surface area contributed by atoms with Crippen LogP contribution in [0.25, 0.3) is 11.0 Å². The molecule has 132 valence electrons. The predicted molar refractivity (Wildman–Crippen MR) is 102 cm³/mol. The summed E-state index contributed by atoms with van der Waals surface area (Å²) in [6.07, 6.45) is 4.20. The Morgan fingerprint density at radius 2 is 1.88 bits per heavy atom. The van der Waals surface area contributed by atoms with Gasteiger partial charge in [0.25, 0.3) is 0 Å². The molecule has 0 bridgehead atoms. The highest BCUT2D eigenvalue weighted by Crippen LogP contribution is 2.15. The molecule has 0 aliphatic carbocycles. The Labute approximate surface area is 151 Å². The Balaban J connectivity index is 1.63. The number of benzene rings is 1. The molecule has 2 aromatic heterocycles. The fourth-order valence-electron chi connectivity index (χ4n) is 3.40. The van der Waals surface area contributed by atoms with E-state index >= 15 is 0 Å². The van der Waals surface area contributed by atoms with Gasteiger partial charge in [-0.15, -0.1) is 0 Å². The van der Waals surface area contributed by atoms with Crippen LogP contribution in [0.2, 0.25) is 0 Å². The predicted octanol–water partition coefficient (Wildman–Crippen LogP) is 1.41. The van der Waals surface area contributed by atoms with E-state index in [1.54, 1.807) is 10.8 Å². The molecule has 1 aliphatic heterocycles. The number of nitrogen functional groups attached to an aromatic ring is 1. The van der Waals surface area contributed by atoms with Gasteiger partial charge in [-0.25, -0.2) is 14.5 Å². The van der Waals surface area contributed by atoms with E-state index in [2.05, 4.69) is 21.7 Å². The Morgan fingerprint density at radius 1 is 1.04 bits per heavy atom. The van der Waals surface area contributed by atoms with E-state index in [0.29, 0.717) is 17.8 Å². The van der Waals surface area contributed by atoms with Gasteiger partial charge in [0.15, 0.2) is 0 Å². The normalized spacial score (nSPS) is 14.5. The van der Waals surface area contributed by atoms with Gasteiger partial charge in [-0.1, -0.05) is 12.0 Å². The number of fused-ring (bicyclic) bond motifs is 1. The first-order valence-corrected chi connectivity index (χ1v) is 8.88. The van der Waals surface area contributed by atoms with Gasteiger partial charge >= 0.3 is 5.69 Å². The molecule has 2 N–H and O–H groups in total. The number of likely N-dealkylation sites (tertiary alicyclic amines) is 1. The number of imidazole rings is 1. The third-order valence-corrected chi connectivity index (χ3v) is 4.80. The van der Waals surface area contributed by atoms with E-state index in [9.17, 15) is 4.79 Å². The number of hydrogen-bond acceptors (Lipinski definition) is 4. The van der Waals surface area contributed by atoms with Crippen molar-refractivity contribution in [3.8, 4) is 11.8 Å². The first-order valence-electron chi connectivity index (χ1n) is 8.88. The van der Waals surface area contributed by atoms with Gasteiger partial charge in [0, 0.05) is 24.8 Å². The van der Waals surface area contributed by atoms with Crippen molar-refractivity contribution in [2.24, 2.45) is 0 Å². The minimum Gasteiger partial charge on any atom is -0.335 e. The van der Waals surface area contributed by atoms with Crippen LogP contribution < -0.4 is 11.5 Å². The second kappa shape index (κ2) is 7.06. The molecule has 6 heteroatoms. The fourth-order valence-corrected chi connectivity index (χ4v) is 3.40. The average Bonchev–Trinajstić information content (AvgIpc) is 3.27. The van der Waals surface area contributed by atoms with Gasteiger partial charge in [0.05, 0.1) is 11.0 Å². The van der Waals surface area contributed by atoms with Crippen LogP contribution in [0.15, 0.2) is 47.4 Å². The number of nitrogens with two attached hydrogens (primary N) is 1. The molecule has 0 spiro atoms. The molecule has 26 heavy (non-hydrogen) atoms. The maximum Gasteiger partial charge on any atom is 0.347 e. The van der Waals surface area contributed by atoms with Crippen molar-refractivity contribution in [1.29, 1.82) is 0 Å². The maximum atomic E-state index is 12.5. The number of aromatic nitrogens is 3. The van der Waals surface area contributed by atoms with Crippen LogP contribution in [0.3, 0.4) is 0 Å². The summed E-state index contributed by atoms with van der Waals surface area (Å²) in [5, 5.41) is 0. The van der Waals surface area contributed by atoms with Crippen molar-refractivity contribution in [3.05, 3.63) is 64.3 Å². The third kappa shape index (κ3) is 3.22. The molecule has 3 aromatic rings. The average molecular weight is 347 g/mol. The van der Waals surface area contributed by atoms with Crippen molar-refractivity contribution in [2.45, 2.75) is 19.4 Å². The zero-order valence-electron chi connectivity index (χ0n) is 14.6. The lowest BCUT2D eigenvalue weighted by molar-refractivity contribution is 0.322. The molecule has 0 amide bonds. The van der Waals surface area contributed by atoms with Gasteiger partial charge in [-0.2, -0.15) is 0 Å². The van der Waals surface area contributed by atoms with Crippen molar-refractivity contribution in [1.82, 2.24) is 19.1 Å². The zero-order chi connectivity index (χ0) is 17.9. The number of hydrogen-bond donors (Lipinski definition) is 1. The molecule has 0 radical (unpaired) electrons. The molecular formula is C20H21N5O. The van der Waals surface area contributed by atoms with E-state index in [4.69, 9.17) is 5.84 Å². The van der Waals surface area contributed by atoms with Gasteiger partial charge in [-0.3, -0.25) is 4.57 Å². The lowest BCUT2D eigenvalue weighted by Gasteiger charge is -2.14. The molecule has 0 saturated carbocycles. The van der Waals surface area contributed by atoms with Crippen molar-refractivity contribution < 1.29 is 0 Å². The Morgan fingerprint density at radius 3 is 2.65 bits per heavy atom. The van der Waals surface area contributed by atoms with E-state index < -0.39 is 0 Å². The minimum absolute atomic E-state index is 0.186. The maximum absolute atomic E-state index is 12.5. The molecule has 1 fully saturated rings. The second-order valence-corrected chi connectivity index (χ2v) is 6.52.